The molecule has 3 rings (SSSR count). The van der Waals surface area contributed by atoms with Gasteiger partial charge in [0.15, 0.2) is 6.10 Å². The second-order valence-electron chi connectivity index (χ2n) is 6.20. The van der Waals surface area contributed by atoms with E-state index in [1.54, 1.807) is 31.2 Å². The predicted molar refractivity (Wildman–Crippen MR) is 107 cm³/mol. The standard InChI is InChI=1S/C22H22N2O3/c1-3-21(17-8-11-19(25)12-9-17)23-24-22(26)15(2)27-20-13-10-16-6-4-5-7-18(16)14-20/h4-15,25H,3H2,1-2H3,(H,24,26)/b23-21+/t15-/m0/s1. The van der Waals surface area contributed by atoms with E-state index in [2.05, 4.69) is 10.5 Å². The fraction of sp³-hybridized carbons (Fsp3) is 0.182. The minimum absolute atomic E-state index is 0.190. The van der Waals surface area contributed by atoms with E-state index < -0.39 is 6.10 Å². The van der Waals surface area contributed by atoms with E-state index in [0.717, 1.165) is 22.0 Å². The Morgan fingerprint density at radius 2 is 1.78 bits per heavy atom. The molecule has 0 saturated carbocycles. The van der Waals surface area contributed by atoms with Crippen molar-refractivity contribution in [1.82, 2.24) is 5.43 Å². The average Bonchev–Trinajstić information content (AvgIpc) is 2.69. The number of nitrogens with one attached hydrogen (secondary N) is 1. The number of ether oxygens (including phenoxy) is 1. The number of aromatic hydroxyl groups is 1. The predicted octanol–water partition coefficient (Wildman–Crippen LogP) is 4.24. The van der Waals surface area contributed by atoms with Crippen molar-refractivity contribution in [3.63, 3.8) is 0 Å². The Labute approximate surface area is 158 Å². The molecule has 27 heavy (non-hydrogen) atoms. The van der Waals surface area contributed by atoms with E-state index in [0.29, 0.717) is 12.2 Å². The molecule has 5 nitrogen and oxygen atoms in total. The van der Waals surface area contributed by atoms with Crippen LogP contribution in [0.4, 0.5) is 0 Å². The largest absolute Gasteiger partial charge is 0.508 e. The first-order valence-electron chi connectivity index (χ1n) is 8.88. The number of carbonyl (C=O) groups is 1. The number of phenolic OH excluding ortho intramolecular Hbond substituents is 1. The van der Waals surface area contributed by atoms with Gasteiger partial charge < -0.3 is 9.84 Å². The average molecular weight is 362 g/mol. The smallest absolute Gasteiger partial charge is 0.280 e. The summed E-state index contributed by atoms with van der Waals surface area (Å²) in [6.45, 7) is 3.64. The summed E-state index contributed by atoms with van der Waals surface area (Å²) in [5, 5.41) is 15.8. The van der Waals surface area contributed by atoms with Crippen molar-refractivity contribution >= 4 is 22.4 Å². The Morgan fingerprint density at radius 1 is 1.07 bits per heavy atom. The van der Waals surface area contributed by atoms with Gasteiger partial charge in [-0.15, -0.1) is 0 Å². The van der Waals surface area contributed by atoms with Crippen LogP contribution in [0.3, 0.4) is 0 Å². The van der Waals surface area contributed by atoms with Crippen LogP contribution in [0.25, 0.3) is 10.8 Å². The van der Waals surface area contributed by atoms with Crippen LogP contribution >= 0.6 is 0 Å². The molecule has 0 bridgehead atoms. The van der Waals surface area contributed by atoms with Crippen molar-refractivity contribution in [2.24, 2.45) is 5.10 Å². The van der Waals surface area contributed by atoms with Gasteiger partial charge in [0.2, 0.25) is 0 Å². The molecule has 0 fully saturated rings. The lowest BCUT2D eigenvalue weighted by molar-refractivity contribution is -0.127. The Hall–Kier alpha value is -3.34. The molecular weight excluding hydrogens is 340 g/mol. The van der Waals surface area contributed by atoms with Gasteiger partial charge in [-0.3, -0.25) is 4.79 Å². The normalized spacial score (nSPS) is 12.6. The molecule has 0 aromatic heterocycles. The molecule has 3 aromatic rings. The van der Waals surface area contributed by atoms with Crippen LogP contribution in [0, 0.1) is 0 Å². The number of fused-ring (bicyclic) bond motifs is 1. The number of phenols is 1. The van der Waals surface area contributed by atoms with Crippen LogP contribution in [0.2, 0.25) is 0 Å². The lowest BCUT2D eigenvalue weighted by atomic mass is 10.1. The minimum atomic E-state index is -0.687. The first-order valence-corrected chi connectivity index (χ1v) is 8.88. The number of hydrogen-bond donors (Lipinski definition) is 2. The van der Waals surface area contributed by atoms with Gasteiger partial charge >= 0.3 is 0 Å². The highest BCUT2D eigenvalue weighted by Gasteiger charge is 2.15. The van der Waals surface area contributed by atoms with Crippen LogP contribution in [0.5, 0.6) is 11.5 Å². The number of nitrogens with zero attached hydrogens (tertiary/aromatic N) is 1. The second kappa shape index (κ2) is 8.36. The first kappa shape index (κ1) is 18.5. The third-order valence-electron chi connectivity index (χ3n) is 4.24. The van der Waals surface area contributed by atoms with Crippen molar-refractivity contribution in [3.8, 4) is 11.5 Å². The molecule has 0 aliphatic heterocycles. The van der Waals surface area contributed by atoms with E-state index >= 15 is 0 Å². The van der Waals surface area contributed by atoms with E-state index in [4.69, 9.17) is 4.74 Å². The highest BCUT2D eigenvalue weighted by atomic mass is 16.5. The Balaban J connectivity index is 1.66. The maximum absolute atomic E-state index is 12.3. The van der Waals surface area contributed by atoms with Gasteiger partial charge in [-0.1, -0.05) is 37.3 Å². The highest BCUT2D eigenvalue weighted by Crippen LogP contribution is 2.21. The number of rotatable bonds is 6. The Kier molecular flexibility index (Phi) is 5.71. The van der Waals surface area contributed by atoms with Gasteiger partial charge in [-0.25, -0.2) is 5.43 Å². The Bertz CT molecular complexity index is 965. The molecule has 2 N–H and O–H groups in total. The van der Waals surface area contributed by atoms with Crippen LogP contribution in [-0.2, 0) is 4.79 Å². The molecule has 3 aromatic carbocycles. The van der Waals surface area contributed by atoms with Crippen molar-refractivity contribution < 1.29 is 14.6 Å². The topological polar surface area (TPSA) is 70.9 Å². The molecule has 138 valence electrons. The monoisotopic (exact) mass is 362 g/mol. The summed E-state index contributed by atoms with van der Waals surface area (Å²) >= 11 is 0. The summed E-state index contributed by atoms with van der Waals surface area (Å²) in [5.74, 6) is 0.498. The van der Waals surface area contributed by atoms with Crippen LogP contribution in [-0.4, -0.2) is 22.8 Å². The molecular formula is C22H22N2O3. The van der Waals surface area contributed by atoms with Gasteiger partial charge in [0.25, 0.3) is 5.91 Å². The number of amides is 1. The third kappa shape index (κ3) is 4.64. The molecule has 0 radical (unpaired) electrons. The van der Waals surface area contributed by atoms with Crippen molar-refractivity contribution in [2.75, 3.05) is 0 Å². The van der Waals surface area contributed by atoms with E-state index in [9.17, 15) is 9.90 Å². The Morgan fingerprint density at radius 3 is 2.48 bits per heavy atom. The third-order valence-corrected chi connectivity index (χ3v) is 4.24. The quantitative estimate of drug-likeness (QED) is 0.509. The maximum atomic E-state index is 12.3. The van der Waals surface area contributed by atoms with Crippen molar-refractivity contribution in [3.05, 3.63) is 72.3 Å². The number of carbonyl (C=O) groups excluding carboxylic acids is 1. The SMILES string of the molecule is CC/C(=N\NC(=O)[C@H](C)Oc1ccc2ccccc2c1)c1ccc(O)cc1. The zero-order valence-corrected chi connectivity index (χ0v) is 15.3. The zero-order valence-electron chi connectivity index (χ0n) is 15.3. The summed E-state index contributed by atoms with van der Waals surface area (Å²) in [6.07, 6.45) is -0.0434. The fourth-order valence-corrected chi connectivity index (χ4v) is 2.71. The molecule has 0 unspecified atom stereocenters. The maximum Gasteiger partial charge on any atom is 0.280 e. The zero-order chi connectivity index (χ0) is 19.2. The fourth-order valence-electron chi connectivity index (χ4n) is 2.71. The molecule has 0 aliphatic rings. The van der Waals surface area contributed by atoms with E-state index in [-0.39, 0.29) is 11.7 Å². The highest BCUT2D eigenvalue weighted by molar-refractivity contribution is 6.01. The molecule has 0 heterocycles. The number of hydrazone groups is 1. The summed E-state index contributed by atoms with van der Waals surface area (Å²) in [4.78, 5) is 12.3. The molecule has 0 spiro atoms. The van der Waals surface area contributed by atoms with Gasteiger partial charge in [0, 0.05) is 0 Å². The minimum Gasteiger partial charge on any atom is -0.508 e. The number of benzene rings is 3. The van der Waals surface area contributed by atoms with Gasteiger partial charge in [0.05, 0.1) is 5.71 Å². The number of hydrogen-bond acceptors (Lipinski definition) is 4. The lowest BCUT2D eigenvalue weighted by Gasteiger charge is -2.14. The molecule has 0 aliphatic carbocycles. The second-order valence-corrected chi connectivity index (χ2v) is 6.20. The van der Waals surface area contributed by atoms with Crippen LogP contribution < -0.4 is 10.2 Å². The molecule has 1 atom stereocenters. The van der Waals surface area contributed by atoms with E-state index in [1.807, 2.05) is 49.4 Å². The molecule has 1 amide bonds. The molecule has 0 saturated heterocycles. The van der Waals surface area contributed by atoms with Crippen LogP contribution in [0.15, 0.2) is 71.8 Å². The first-order chi connectivity index (χ1) is 13.1. The van der Waals surface area contributed by atoms with Crippen LogP contribution in [0.1, 0.15) is 25.8 Å². The van der Waals surface area contributed by atoms with Crippen molar-refractivity contribution in [1.29, 1.82) is 0 Å². The summed E-state index contributed by atoms with van der Waals surface area (Å²) in [5.41, 5.74) is 4.13. The summed E-state index contributed by atoms with van der Waals surface area (Å²) in [6, 6.07) is 20.4. The molecule has 5 heteroatoms. The van der Waals surface area contributed by atoms with Gasteiger partial charge in [-0.2, -0.15) is 5.10 Å². The van der Waals surface area contributed by atoms with Gasteiger partial charge in [-0.05, 0) is 66.1 Å². The summed E-state index contributed by atoms with van der Waals surface area (Å²) < 4.78 is 5.76. The lowest BCUT2D eigenvalue weighted by Crippen LogP contribution is -2.34. The van der Waals surface area contributed by atoms with E-state index in [1.165, 1.54) is 0 Å². The summed E-state index contributed by atoms with van der Waals surface area (Å²) in [7, 11) is 0. The van der Waals surface area contributed by atoms with Gasteiger partial charge in [0.1, 0.15) is 11.5 Å². The van der Waals surface area contributed by atoms with Crippen molar-refractivity contribution in [2.45, 2.75) is 26.4 Å².